The third-order valence-electron chi connectivity index (χ3n) is 3.99. The van der Waals surface area contributed by atoms with E-state index in [0.717, 1.165) is 0 Å². The average molecular weight is 407 g/mol. The molecule has 1 heterocycles. The highest BCUT2D eigenvalue weighted by Gasteiger charge is 2.27. The maximum absolute atomic E-state index is 12.1. The first-order valence-electron chi connectivity index (χ1n) is 9.04. The van der Waals surface area contributed by atoms with Crippen LogP contribution in [0, 0.1) is 15.5 Å². The van der Waals surface area contributed by atoms with Gasteiger partial charge in [-0.05, 0) is 38.5 Å². The highest BCUT2D eigenvalue weighted by molar-refractivity contribution is 5.92. The number of amides is 2. The first kappa shape index (κ1) is 21.9. The molecule has 1 saturated heterocycles. The number of non-ortho nitro benzene ring substituents is 1. The predicted octanol–water partition coefficient (Wildman–Crippen LogP) is 2.31. The molecule has 2 rings (SSSR count). The highest BCUT2D eigenvalue weighted by atomic mass is 16.6. The van der Waals surface area contributed by atoms with Crippen LogP contribution in [-0.2, 0) is 16.1 Å². The number of guanidine groups is 1. The standard InChI is InChI=1S/C18H25N5O6/c1-18(2,3)29-17(25)22-10-8-21(9-11-22)15(19)20-16(24)28-12-13-4-6-14(7-5-13)23(26)27/h4-7H,8-12H2,1-3H3,(H2,19,20,24). The minimum absolute atomic E-state index is 0.0505. The molecule has 0 bridgehead atoms. The number of piperazine rings is 1. The second-order valence-electron chi connectivity index (χ2n) is 7.43. The Morgan fingerprint density at radius 2 is 1.69 bits per heavy atom. The fourth-order valence-corrected chi connectivity index (χ4v) is 2.51. The molecule has 0 unspecified atom stereocenters. The third kappa shape index (κ3) is 6.94. The fourth-order valence-electron chi connectivity index (χ4n) is 2.51. The summed E-state index contributed by atoms with van der Waals surface area (Å²) in [4.78, 5) is 37.2. The molecule has 1 aliphatic heterocycles. The maximum atomic E-state index is 12.1. The monoisotopic (exact) mass is 407 g/mol. The molecule has 0 atom stereocenters. The van der Waals surface area contributed by atoms with E-state index in [4.69, 9.17) is 14.9 Å². The Morgan fingerprint density at radius 3 is 2.21 bits per heavy atom. The van der Waals surface area contributed by atoms with Crippen LogP contribution >= 0.6 is 0 Å². The number of benzene rings is 1. The Morgan fingerprint density at radius 1 is 1.14 bits per heavy atom. The Labute approximate surface area is 168 Å². The molecule has 0 saturated carbocycles. The molecule has 2 amide bonds. The van der Waals surface area contributed by atoms with Gasteiger partial charge in [0.1, 0.15) is 12.2 Å². The SMILES string of the molecule is CC(C)(C)OC(=O)N1CCN(C(=N)NC(=O)OCc2ccc([N+](=O)[O-])cc2)CC1. The molecule has 158 valence electrons. The molecule has 11 heteroatoms. The van der Waals surface area contributed by atoms with Crippen LogP contribution in [0.15, 0.2) is 24.3 Å². The van der Waals surface area contributed by atoms with Crippen molar-refractivity contribution in [2.45, 2.75) is 33.0 Å². The number of ether oxygens (including phenoxy) is 2. The molecule has 11 nitrogen and oxygen atoms in total. The minimum Gasteiger partial charge on any atom is -0.444 e. The summed E-state index contributed by atoms with van der Waals surface area (Å²) in [6.07, 6.45) is -1.21. The van der Waals surface area contributed by atoms with Crippen molar-refractivity contribution in [1.82, 2.24) is 15.1 Å². The van der Waals surface area contributed by atoms with Crippen LogP contribution < -0.4 is 5.32 Å². The molecule has 0 radical (unpaired) electrons. The fraction of sp³-hybridized carbons (Fsp3) is 0.500. The molecule has 1 aromatic carbocycles. The average Bonchev–Trinajstić information content (AvgIpc) is 2.65. The summed E-state index contributed by atoms with van der Waals surface area (Å²) in [5, 5.41) is 21.0. The number of carbonyl (C=O) groups excluding carboxylic acids is 2. The Balaban J connectivity index is 1.74. The van der Waals surface area contributed by atoms with E-state index in [-0.39, 0.29) is 18.3 Å². The number of nitrogens with one attached hydrogen (secondary N) is 2. The molecule has 0 aromatic heterocycles. The summed E-state index contributed by atoms with van der Waals surface area (Å²) < 4.78 is 10.4. The van der Waals surface area contributed by atoms with Crippen LogP contribution in [0.4, 0.5) is 15.3 Å². The second kappa shape index (κ2) is 9.22. The molecular weight excluding hydrogens is 382 g/mol. The summed E-state index contributed by atoms with van der Waals surface area (Å²) in [6.45, 7) is 6.80. The van der Waals surface area contributed by atoms with Gasteiger partial charge >= 0.3 is 12.2 Å². The van der Waals surface area contributed by atoms with E-state index >= 15 is 0 Å². The lowest BCUT2D eigenvalue weighted by molar-refractivity contribution is -0.384. The van der Waals surface area contributed by atoms with Crippen molar-refractivity contribution >= 4 is 23.8 Å². The molecule has 29 heavy (non-hydrogen) atoms. The van der Waals surface area contributed by atoms with Gasteiger partial charge in [0, 0.05) is 38.3 Å². The molecule has 1 fully saturated rings. The van der Waals surface area contributed by atoms with Gasteiger partial charge in [0.2, 0.25) is 5.96 Å². The van der Waals surface area contributed by atoms with Gasteiger partial charge in [0.05, 0.1) is 4.92 Å². The lowest BCUT2D eigenvalue weighted by Gasteiger charge is -2.36. The zero-order valence-electron chi connectivity index (χ0n) is 16.6. The summed E-state index contributed by atoms with van der Waals surface area (Å²) >= 11 is 0. The smallest absolute Gasteiger partial charge is 0.414 e. The number of hydrogen-bond donors (Lipinski definition) is 2. The van der Waals surface area contributed by atoms with Crippen molar-refractivity contribution in [3.8, 4) is 0 Å². The van der Waals surface area contributed by atoms with Gasteiger partial charge in [0.25, 0.3) is 5.69 Å². The van der Waals surface area contributed by atoms with E-state index in [0.29, 0.717) is 31.7 Å². The van der Waals surface area contributed by atoms with Crippen LogP contribution in [0.1, 0.15) is 26.3 Å². The van der Waals surface area contributed by atoms with E-state index in [1.165, 1.54) is 24.3 Å². The van der Waals surface area contributed by atoms with Crippen molar-refractivity contribution in [3.05, 3.63) is 39.9 Å². The molecule has 1 aromatic rings. The number of carbonyl (C=O) groups is 2. The molecule has 0 spiro atoms. The van der Waals surface area contributed by atoms with E-state index in [1.54, 1.807) is 30.6 Å². The van der Waals surface area contributed by atoms with Crippen molar-refractivity contribution in [1.29, 1.82) is 5.41 Å². The molecule has 1 aliphatic rings. The van der Waals surface area contributed by atoms with Gasteiger partial charge < -0.3 is 19.3 Å². The van der Waals surface area contributed by atoms with Crippen molar-refractivity contribution in [2.24, 2.45) is 0 Å². The van der Waals surface area contributed by atoms with Crippen LogP contribution in [-0.4, -0.2) is 64.6 Å². The van der Waals surface area contributed by atoms with Crippen molar-refractivity contribution < 1.29 is 24.0 Å². The van der Waals surface area contributed by atoms with Crippen molar-refractivity contribution in [2.75, 3.05) is 26.2 Å². The predicted molar refractivity (Wildman–Crippen MR) is 104 cm³/mol. The number of nitro groups is 1. The summed E-state index contributed by atoms with van der Waals surface area (Å²) in [6, 6.07) is 5.63. The first-order valence-corrected chi connectivity index (χ1v) is 9.04. The van der Waals surface area contributed by atoms with Crippen LogP contribution in [0.2, 0.25) is 0 Å². The minimum atomic E-state index is -0.803. The Kier molecular flexibility index (Phi) is 6.97. The van der Waals surface area contributed by atoms with Crippen molar-refractivity contribution in [3.63, 3.8) is 0 Å². The number of nitrogens with zero attached hydrogens (tertiary/aromatic N) is 3. The number of rotatable bonds is 3. The van der Waals surface area contributed by atoms with Crippen LogP contribution in [0.5, 0.6) is 0 Å². The molecule has 2 N–H and O–H groups in total. The molecular formula is C18H25N5O6. The highest BCUT2D eigenvalue weighted by Crippen LogP contribution is 2.13. The van der Waals surface area contributed by atoms with Gasteiger partial charge in [-0.15, -0.1) is 0 Å². The van der Waals surface area contributed by atoms with Crippen LogP contribution in [0.25, 0.3) is 0 Å². The maximum Gasteiger partial charge on any atom is 0.414 e. The van der Waals surface area contributed by atoms with E-state index in [9.17, 15) is 19.7 Å². The number of nitro benzene ring substituents is 1. The summed E-state index contributed by atoms with van der Waals surface area (Å²) in [5.74, 6) is -0.123. The topological polar surface area (TPSA) is 138 Å². The lowest BCUT2D eigenvalue weighted by atomic mass is 10.2. The van der Waals surface area contributed by atoms with Crippen LogP contribution in [0.3, 0.4) is 0 Å². The Bertz CT molecular complexity index is 766. The quantitative estimate of drug-likeness (QED) is 0.339. The summed E-state index contributed by atoms with van der Waals surface area (Å²) in [5.41, 5.74) is -0.0376. The Hall–Kier alpha value is -3.37. The van der Waals surface area contributed by atoms with Gasteiger partial charge in [-0.1, -0.05) is 0 Å². The zero-order valence-corrected chi connectivity index (χ0v) is 16.6. The van der Waals surface area contributed by atoms with E-state index < -0.39 is 22.7 Å². The largest absolute Gasteiger partial charge is 0.444 e. The normalized spacial score (nSPS) is 14.2. The molecule has 0 aliphatic carbocycles. The number of hydrogen-bond acceptors (Lipinski definition) is 7. The van der Waals surface area contributed by atoms with E-state index in [2.05, 4.69) is 5.32 Å². The van der Waals surface area contributed by atoms with Gasteiger partial charge in [-0.3, -0.25) is 20.8 Å². The summed E-state index contributed by atoms with van der Waals surface area (Å²) in [7, 11) is 0. The zero-order chi connectivity index (χ0) is 21.6. The number of alkyl carbamates (subject to hydrolysis) is 1. The van der Waals surface area contributed by atoms with Gasteiger partial charge in [0.15, 0.2) is 0 Å². The first-order chi connectivity index (χ1) is 13.5. The third-order valence-corrected chi connectivity index (χ3v) is 3.99. The lowest BCUT2D eigenvalue weighted by Crippen LogP contribution is -2.54. The van der Waals surface area contributed by atoms with Gasteiger partial charge in [-0.25, -0.2) is 9.59 Å². The second-order valence-corrected chi connectivity index (χ2v) is 7.43. The van der Waals surface area contributed by atoms with E-state index in [1.807, 2.05) is 0 Å². The van der Waals surface area contributed by atoms with Gasteiger partial charge in [-0.2, -0.15) is 0 Å².